The van der Waals surface area contributed by atoms with Gasteiger partial charge in [-0.1, -0.05) is 5.11 Å². The molecule has 8 heteroatoms. The molecule has 0 saturated carbocycles. The Hall–Kier alpha value is -1.69. The molecule has 0 aliphatic heterocycles. The highest BCUT2D eigenvalue weighted by Crippen LogP contribution is 2.16. The Morgan fingerprint density at radius 2 is 2.29 bits per heavy atom. The summed E-state index contributed by atoms with van der Waals surface area (Å²) >= 11 is 0. The Kier molecular flexibility index (Phi) is 2.98. The first kappa shape index (κ1) is 10.4. The summed E-state index contributed by atoms with van der Waals surface area (Å²) in [4.78, 5) is 2.47. The summed E-state index contributed by atoms with van der Waals surface area (Å²) in [5.74, 6) is 0. The van der Waals surface area contributed by atoms with Crippen LogP contribution in [-0.2, 0) is 13.1 Å². The van der Waals surface area contributed by atoms with Gasteiger partial charge in [-0.2, -0.15) is 18.3 Å². The SMILES string of the molecule is [N-]=[N+]=NCc1ccn(CC(F)(F)F)n1. The highest BCUT2D eigenvalue weighted by Gasteiger charge is 2.28. The first-order chi connectivity index (χ1) is 6.51. The minimum Gasteiger partial charge on any atom is -0.263 e. The Bertz CT molecular complexity index is 349. The summed E-state index contributed by atoms with van der Waals surface area (Å²) in [5.41, 5.74) is 8.28. The molecule has 1 aromatic rings. The van der Waals surface area contributed by atoms with Crippen LogP contribution in [0.25, 0.3) is 10.4 Å². The molecule has 14 heavy (non-hydrogen) atoms. The molecule has 0 unspecified atom stereocenters. The maximum atomic E-state index is 11.9. The molecule has 0 N–H and O–H groups in total. The lowest BCUT2D eigenvalue weighted by Crippen LogP contribution is -2.18. The van der Waals surface area contributed by atoms with Gasteiger partial charge in [0.05, 0.1) is 12.2 Å². The first-order valence-corrected chi connectivity index (χ1v) is 3.61. The van der Waals surface area contributed by atoms with E-state index in [2.05, 4.69) is 15.1 Å². The summed E-state index contributed by atoms with van der Waals surface area (Å²) < 4.78 is 36.3. The summed E-state index contributed by atoms with van der Waals surface area (Å²) in [5, 5.41) is 6.74. The van der Waals surface area contributed by atoms with Gasteiger partial charge < -0.3 is 0 Å². The van der Waals surface area contributed by atoms with Crippen LogP contribution in [0.15, 0.2) is 17.4 Å². The second-order valence-corrected chi connectivity index (χ2v) is 2.51. The molecule has 1 heterocycles. The summed E-state index contributed by atoms with van der Waals surface area (Å²) in [6.07, 6.45) is -3.10. The van der Waals surface area contributed by atoms with Gasteiger partial charge in [0.15, 0.2) is 0 Å². The van der Waals surface area contributed by atoms with E-state index < -0.39 is 12.7 Å². The molecule has 0 bridgehead atoms. The molecule has 0 fully saturated rings. The third-order valence-corrected chi connectivity index (χ3v) is 1.33. The lowest BCUT2D eigenvalue weighted by atomic mass is 10.4. The molecule has 0 atom stereocenters. The van der Waals surface area contributed by atoms with Crippen molar-refractivity contribution in [1.29, 1.82) is 0 Å². The molecule has 0 spiro atoms. The third-order valence-electron chi connectivity index (χ3n) is 1.33. The number of hydrogen-bond acceptors (Lipinski definition) is 2. The predicted molar refractivity (Wildman–Crippen MR) is 41.1 cm³/mol. The molecular formula is C6H6F3N5. The minimum atomic E-state index is -4.29. The third kappa shape index (κ3) is 3.36. The second kappa shape index (κ2) is 4.01. The van der Waals surface area contributed by atoms with Gasteiger partial charge in [-0.3, -0.25) is 4.68 Å². The van der Waals surface area contributed by atoms with Crippen molar-refractivity contribution in [1.82, 2.24) is 9.78 Å². The molecule has 0 amide bonds. The van der Waals surface area contributed by atoms with Crippen molar-refractivity contribution >= 4 is 0 Å². The number of alkyl halides is 3. The van der Waals surface area contributed by atoms with Crippen molar-refractivity contribution in [2.24, 2.45) is 5.11 Å². The van der Waals surface area contributed by atoms with Crippen LogP contribution in [0.5, 0.6) is 0 Å². The quantitative estimate of drug-likeness (QED) is 0.424. The van der Waals surface area contributed by atoms with Crippen LogP contribution in [0.1, 0.15) is 5.69 Å². The minimum absolute atomic E-state index is 0.0403. The molecule has 1 aromatic heterocycles. The van der Waals surface area contributed by atoms with Gasteiger partial charge >= 0.3 is 6.18 Å². The first-order valence-electron chi connectivity index (χ1n) is 3.61. The standard InChI is InChI=1S/C6H6F3N5/c7-6(8,9)4-14-2-1-5(12-14)3-11-13-10/h1-2H,3-4H2. The number of rotatable bonds is 3. The Balaban J connectivity index is 2.63. The van der Waals surface area contributed by atoms with E-state index in [-0.39, 0.29) is 6.54 Å². The van der Waals surface area contributed by atoms with E-state index in [0.29, 0.717) is 5.69 Å². The van der Waals surface area contributed by atoms with E-state index in [9.17, 15) is 13.2 Å². The van der Waals surface area contributed by atoms with Crippen molar-refractivity contribution in [2.45, 2.75) is 19.3 Å². The molecule has 76 valence electrons. The van der Waals surface area contributed by atoms with Crippen LogP contribution in [0.2, 0.25) is 0 Å². The van der Waals surface area contributed by atoms with Gasteiger partial charge in [-0.15, -0.1) is 0 Å². The zero-order chi connectivity index (χ0) is 10.6. The number of aromatic nitrogens is 2. The van der Waals surface area contributed by atoms with Gasteiger partial charge in [0.25, 0.3) is 0 Å². The fourth-order valence-electron chi connectivity index (χ4n) is 0.864. The van der Waals surface area contributed by atoms with Crippen molar-refractivity contribution in [3.05, 3.63) is 28.4 Å². The highest BCUT2D eigenvalue weighted by molar-refractivity contribution is 4.98. The van der Waals surface area contributed by atoms with Crippen LogP contribution in [0.3, 0.4) is 0 Å². The molecule has 5 nitrogen and oxygen atoms in total. The van der Waals surface area contributed by atoms with E-state index in [0.717, 1.165) is 4.68 Å². The van der Waals surface area contributed by atoms with E-state index in [1.54, 1.807) is 0 Å². The fraction of sp³-hybridized carbons (Fsp3) is 0.500. The summed E-state index contributed by atoms with van der Waals surface area (Å²) in [6.45, 7) is -1.18. The Morgan fingerprint density at radius 1 is 1.57 bits per heavy atom. The van der Waals surface area contributed by atoms with Crippen LogP contribution in [0.4, 0.5) is 13.2 Å². The van der Waals surface area contributed by atoms with Crippen LogP contribution in [-0.4, -0.2) is 16.0 Å². The van der Waals surface area contributed by atoms with Gasteiger partial charge in [0.1, 0.15) is 6.54 Å². The van der Waals surface area contributed by atoms with Crippen molar-refractivity contribution in [3.8, 4) is 0 Å². The lowest BCUT2D eigenvalue weighted by molar-refractivity contribution is -0.142. The van der Waals surface area contributed by atoms with E-state index >= 15 is 0 Å². The average molecular weight is 205 g/mol. The number of nitrogens with zero attached hydrogens (tertiary/aromatic N) is 5. The number of hydrogen-bond donors (Lipinski definition) is 0. The van der Waals surface area contributed by atoms with E-state index in [1.165, 1.54) is 12.3 Å². The topological polar surface area (TPSA) is 66.6 Å². The molecule has 0 radical (unpaired) electrons. The smallest absolute Gasteiger partial charge is 0.263 e. The number of halogens is 3. The summed E-state index contributed by atoms with van der Waals surface area (Å²) in [7, 11) is 0. The van der Waals surface area contributed by atoms with E-state index in [4.69, 9.17) is 5.53 Å². The Labute approximate surface area is 76.8 Å². The second-order valence-electron chi connectivity index (χ2n) is 2.51. The molecule has 0 aliphatic rings. The monoisotopic (exact) mass is 205 g/mol. The van der Waals surface area contributed by atoms with Gasteiger partial charge in [0, 0.05) is 11.1 Å². The van der Waals surface area contributed by atoms with Crippen LogP contribution >= 0.6 is 0 Å². The maximum Gasteiger partial charge on any atom is 0.408 e. The summed E-state index contributed by atoms with van der Waals surface area (Å²) in [6, 6.07) is 1.38. The van der Waals surface area contributed by atoms with E-state index in [1.807, 2.05) is 0 Å². The van der Waals surface area contributed by atoms with Crippen molar-refractivity contribution < 1.29 is 13.2 Å². The van der Waals surface area contributed by atoms with Crippen molar-refractivity contribution in [3.63, 3.8) is 0 Å². The molecule has 0 aliphatic carbocycles. The molecule has 0 aromatic carbocycles. The van der Waals surface area contributed by atoms with Gasteiger partial charge in [-0.05, 0) is 11.6 Å². The zero-order valence-corrected chi connectivity index (χ0v) is 6.94. The fourth-order valence-corrected chi connectivity index (χ4v) is 0.864. The number of azide groups is 1. The highest BCUT2D eigenvalue weighted by atomic mass is 19.4. The average Bonchev–Trinajstić information content (AvgIpc) is 2.46. The molecular weight excluding hydrogens is 199 g/mol. The predicted octanol–water partition coefficient (Wildman–Crippen LogP) is 2.26. The van der Waals surface area contributed by atoms with Crippen LogP contribution < -0.4 is 0 Å². The zero-order valence-electron chi connectivity index (χ0n) is 6.94. The van der Waals surface area contributed by atoms with Gasteiger partial charge in [0.2, 0.25) is 0 Å². The maximum absolute atomic E-state index is 11.9. The Morgan fingerprint density at radius 3 is 2.86 bits per heavy atom. The lowest BCUT2D eigenvalue weighted by Gasteiger charge is -2.04. The van der Waals surface area contributed by atoms with Gasteiger partial charge in [-0.25, -0.2) is 0 Å². The molecule has 0 saturated heterocycles. The van der Waals surface area contributed by atoms with Crippen LogP contribution in [0, 0.1) is 0 Å². The normalized spacial score (nSPS) is 11.1. The molecule has 1 rings (SSSR count). The van der Waals surface area contributed by atoms with Crippen molar-refractivity contribution in [2.75, 3.05) is 0 Å². The largest absolute Gasteiger partial charge is 0.408 e.